The molecule has 0 aliphatic carbocycles. The third kappa shape index (κ3) is 6.16. The van der Waals surface area contributed by atoms with Gasteiger partial charge in [-0.1, -0.05) is 12.1 Å². The number of ether oxygens (including phenoxy) is 2. The largest absolute Gasteiger partial charge is 0.493 e. The molecule has 2 aromatic rings. The van der Waals surface area contributed by atoms with Gasteiger partial charge in [0.2, 0.25) is 0 Å². The Morgan fingerprint density at radius 1 is 1.13 bits per heavy atom. The molecule has 2 atom stereocenters. The SMILES string of the molecule is CCNC(=NCC(c1ccco1)N1CCCC1)NCC(C)Oc1ccccc1OC. The Kier molecular flexibility index (Phi) is 8.44. The van der Waals surface area contributed by atoms with Crippen LogP contribution in [0.5, 0.6) is 11.5 Å². The fourth-order valence-electron chi connectivity index (χ4n) is 3.65. The molecule has 1 aliphatic heterocycles. The first-order valence-electron chi connectivity index (χ1n) is 10.8. The first kappa shape index (κ1) is 22.0. The molecule has 3 rings (SSSR count). The van der Waals surface area contributed by atoms with E-state index < -0.39 is 0 Å². The van der Waals surface area contributed by atoms with Crippen molar-refractivity contribution < 1.29 is 13.9 Å². The molecular weight excluding hydrogens is 380 g/mol. The number of aliphatic imine (C=N–C) groups is 1. The van der Waals surface area contributed by atoms with Crippen molar-refractivity contribution in [2.75, 3.05) is 39.8 Å². The zero-order valence-electron chi connectivity index (χ0n) is 18.3. The van der Waals surface area contributed by atoms with Crippen LogP contribution in [0.15, 0.2) is 52.1 Å². The predicted octanol–water partition coefficient (Wildman–Crippen LogP) is 3.45. The Labute approximate surface area is 179 Å². The van der Waals surface area contributed by atoms with Crippen LogP contribution < -0.4 is 20.1 Å². The van der Waals surface area contributed by atoms with Crippen LogP contribution in [0, 0.1) is 0 Å². The monoisotopic (exact) mass is 414 g/mol. The van der Waals surface area contributed by atoms with Crippen LogP contribution in [0.2, 0.25) is 0 Å². The molecule has 0 saturated carbocycles. The second kappa shape index (κ2) is 11.5. The number of nitrogens with one attached hydrogen (secondary N) is 2. The Bertz CT molecular complexity index is 773. The fraction of sp³-hybridized carbons (Fsp3) is 0.522. The summed E-state index contributed by atoms with van der Waals surface area (Å²) in [7, 11) is 1.65. The standard InChI is InChI=1S/C23H34N4O3/c1-4-24-23(25-16-18(2)30-22-11-6-5-10-21(22)28-3)26-17-19(20-12-9-15-29-20)27-13-7-8-14-27/h5-6,9-12,15,18-19H,4,7-8,13-14,16-17H2,1-3H3,(H2,24,25,26). The second-order valence-corrected chi connectivity index (χ2v) is 7.45. The number of likely N-dealkylation sites (tertiary alicyclic amines) is 1. The minimum absolute atomic E-state index is 0.0513. The van der Waals surface area contributed by atoms with Crippen LogP contribution >= 0.6 is 0 Å². The summed E-state index contributed by atoms with van der Waals surface area (Å²) in [6, 6.07) is 11.8. The lowest BCUT2D eigenvalue weighted by Crippen LogP contribution is -2.42. The molecule has 2 heterocycles. The lowest BCUT2D eigenvalue weighted by molar-refractivity contribution is 0.213. The van der Waals surface area contributed by atoms with E-state index in [4.69, 9.17) is 18.9 Å². The van der Waals surface area contributed by atoms with Crippen LogP contribution in [0.4, 0.5) is 0 Å². The Morgan fingerprint density at radius 3 is 2.57 bits per heavy atom. The molecule has 1 aliphatic rings. The van der Waals surface area contributed by atoms with Gasteiger partial charge in [-0.05, 0) is 64.0 Å². The molecule has 1 aromatic carbocycles. The van der Waals surface area contributed by atoms with E-state index in [0.717, 1.165) is 42.9 Å². The Balaban J connectivity index is 1.59. The number of hydrogen-bond acceptors (Lipinski definition) is 5. The van der Waals surface area contributed by atoms with E-state index in [1.807, 2.05) is 43.3 Å². The molecule has 1 fully saturated rings. The van der Waals surface area contributed by atoms with Gasteiger partial charge in [0.25, 0.3) is 0 Å². The average molecular weight is 415 g/mol. The average Bonchev–Trinajstić information content (AvgIpc) is 3.47. The molecule has 7 nitrogen and oxygen atoms in total. The van der Waals surface area contributed by atoms with E-state index in [0.29, 0.717) is 13.1 Å². The molecular formula is C23H34N4O3. The molecule has 0 spiro atoms. The Hall–Kier alpha value is -2.67. The van der Waals surface area contributed by atoms with Crippen molar-refractivity contribution in [1.82, 2.24) is 15.5 Å². The Morgan fingerprint density at radius 2 is 1.90 bits per heavy atom. The lowest BCUT2D eigenvalue weighted by atomic mass is 10.2. The molecule has 30 heavy (non-hydrogen) atoms. The summed E-state index contributed by atoms with van der Waals surface area (Å²) < 4.78 is 17.1. The van der Waals surface area contributed by atoms with Gasteiger partial charge in [0.1, 0.15) is 11.9 Å². The highest BCUT2D eigenvalue weighted by Crippen LogP contribution is 2.27. The molecule has 1 saturated heterocycles. The smallest absolute Gasteiger partial charge is 0.191 e. The summed E-state index contributed by atoms with van der Waals surface area (Å²) in [5.74, 6) is 3.23. The maximum atomic E-state index is 6.04. The van der Waals surface area contributed by atoms with Gasteiger partial charge >= 0.3 is 0 Å². The zero-order chi connectivity index (χ0) is 21.2. The number of rotatable bonds is 10. The van der Waals surface area contributed by atoms with Crippen molar-refractivity contribution in [3.8, 4) is 11.5 Å². The number of benzene rings is 1. The summed E-state index contributed by atoms with van der Waals surface area (Å²) in [6.07, 6.45) is 4.15. The van der Waals surface area contributed by atoms with Crippen LogP contribution in [0.3, 0.4) is 0 Å². The van der Waals surface area contributed by atoms with Gasteiger partial charge in [0.05, 0.1) is 32.5 Å². The van der Waals surface area contributed by atoms with Gasteiger partial charge in [0.15, 0.2) is 17.5 Å². The van der Waals surface area contributed by atoms with Gasteiger partial charge in [-0.25, -0.2) is 0 Å². The van der Waals surface area contributed by atoms with Crippen molar-refractivity contribution in [3.05, 3.63) is 48.4 Å². The van der Waals surface area contributed by atoms with Crippen molar-refractivity contribution >= 4 is 5.96 Å². The molecule has 2 N–H and O–H groups in total. The third-order valence-corrected chi connectivity index (χ3v) is 5.17. The maximum Gasteiger partial charge on any atom is 0.191 e. The summed E-state index contributed by atoms with van der Waals surface area (Å²) in [4.78, 5) is 7.30. The second-order valence-electron chi connectivity index (χ2n) is 7.45. The molecule has 1 aromatic heterocycles. The van der Waals surface area contributed by atoms with E-state index in [-0.39, 0.29) is 12.1 Å². The summed E-state index contributed by atoms with van der Waals surface area (Å²) >= 11 is 0. The minimum atomic E-state index is -0.0513. The molecule has 7 heteroatoms. The van der Waals surface area contributed by atoms with Gasteiger partial charge in [-0.3, -0.25) is 9.89 Å². The normalized spacial score (nSPS) is 16.8. The van der Waals surface area contributed by atoms with Gasteiger partial charge in [0, 0.05) is 6.54 Å². The van der Waals surface area contributed by atoms with Gasteiger partial charge in [-0.2, -0.15) is 0 Å². The topological polar surface area (TPSA) is 71.3 Å². The number of nitrogens with zero attached hydrogens (tertiary/aromatic N) is 2. The van der Waals surface area contributed by atoms with Crippen LogP contribution in [-0.4, -0.2) is 56.8 Å². The molecule has 0 bridgehead atoms. The predicted molar refractivity (Wildman–Crippen MR) is 119 cm³/mol. The zero-order valence-corrected chi connectivity index (χ0v) is 18.3. The maximum absolute atomic E-state index is 6.04. The molecule has 2 unspecified atom stereocenters. The minimum Gasteiger partial charge on any atom is -0.493 e. The summed E-state index contributed by atoms with van der Waals surface area (Å²) in [5.41, 5.74) is 0. The molecule has 0 radical (unpaired) electrons. The van der Waals surface area contributed by atoms with Crippen molar-refractivity contribution in [2.24, 2.45) is 4.99 Å². The lowest BCUT2D eigenvalue weighted by Gasteiger charge is -2.25. The number of furan rings is 1. The van der Waals surface area contributed by atoms with E-state index in [2.05, 4.69) is 22.5 Å². The van der Waals surface area contributed by atoms with E-state index in [1.54, 1.807) is 13.4 Å². The van der Waals surface area contributed by atoms with Crippen LogP contribution in [0.1, 0.15) is 38.5 Å². The van der Waals surface area contributed by atoms with E-state index in [1.165, 1.54) is 12.8 Å². The number of para-hydroxylation sites is 2. The number of methoxy groups -OCH3 is 1. The third-order valence-electron chi connectivity index (χ3n) is 5.17. The first-order chi connectivity index (χ1) is 14.7. The van der Waals surface area contributed by atoms with Gasteiger partial charge < -0.3 is 24.5 Å². The van der Waals surface area contributed by atoms with Gasteiger partial charge in [-0.15, -0.1) is 0 Å². The molecule has 164 valence electrons. The first-order valence-corrected chi connectivity index (χ1v) is 10.8. The quantitative estimate of drug-likeness (QED) is 0.458. The molecule has 0 amide bonds. The highest BCUT2D eigenvalue weighted by molar-refractivity contribution is 5.79. The van der Waals surface area contributed by atoms with Crippen molar-refractivity contribution in [3.63, 3.8) is 0 Å². The number of guanidine groups is 1. The van der Waals surface area contributed by atoms with Crippen molar-refractivity contribution in [2.45, 2.75) is 38.8 Å². The van der Waals surface area contributed by atoms with Crippen LogP contribution in [-0.2, 0) is 0 Å². The van der Waals surface area contributed by atoms with Crippen LogP contribution in [0.25, 0.3) is 0 Å². The summed E-state index contributed by atoms with van der Waals surface area (Å²) in [6.45, 7) is 8.34. The summed E-state index contributed by atoms with van der Waals surface area (Å²) in [5, 5.41) is 6.72. The van der Waals surface area contributed by atoms with E-state index in [9.17, 15) is 0 Å². The van der Waals surface area contributed by atoms with Crippen molar-refractivity contribution in [1.29, 1.82) is 0 Å². The highest BCUT2D eigenvalue weighted by Gasteiger charge is 2.25. The fourth-order valence-corrected chi connectivity index (χ4v) is 3.65. The highest BCUT2D eigenvalue weighted by atomic mass is 16.5. The van der Waals surface area contributed by atoms with E-state index >= 15 is 0 Å². The number of hydrogen-bond donors (Lipinski definition) is 2.